The number of urea groups is 1. The maximum absolute atomic E-state index is 12.6. The van der Waals surface area contributed by atoms with Crippen LogP contribution in [-0.4, -0.2) is 37.0 Å². The number of likely N-dealkylation sites (tertiary alicyclic amines) is 1. The maximum Gasteiger partial charge on any atom is 0.317 e. The molecule has 3 amide bonds. The summed E-state index contributed by atoms with van der Waals surface area (Å²) in [6.45, 7) is 1.95. The van der Waals surface area contributed by atoms with E-state index >= 15 is 0 Å². The van der Waals surface area contributed by atoms with Crippen molar-refractivity contribution in [1.82, 2.24) is 15.5 Å². The van der Waals surface area contributed by atoms with Gasteiger partial charge in [0.05, 0.1) is 0 Å². The minimum atomic E-state index is -0.0872. The Hall–Kier alpha value is -2.34. The average Bonchev–Trinajstić information content (AvgIpc) is 2.71. The zero-order valence-electron chi connectivity index (χ0n) is 15.4. The number of hydrogen-bond acceptors (Lipinski definition) is 2. The third-order valence-electron chi connectivity index (χ3n) is 4.88. The van der Waals surface area contributed by atoms with Crippen molar-refractivity contribution in [2.24, 2.45) is 0 Å². The standard InChI is InChI=1S/C21H24BrN3O2/c1-23-21(27)25-10-4-8-18(14-25)16-6-3-7-17(12-16)20(26)24-13-15-5-2-9-19(22)11-15/h2-3,5-7,9,11-12,18H,4,8,10,13-14H2,1H3,(H,23,27)(H,24,26). The molecule has 0 bridgehead atoms. The molecule has 1 atom stereocenters. The highest BCUT2D eigenvalue weighted by molar-refractivity contribution is 9.10. The lowest BCUT2D eigenvalue weighted by molar-refractivity contribution is 0.0950. The molecule has 1 aliphatic rings. The first-order valence-electron chi connectivity index (χ1n) is 9.16. The summed E-state index contributed by atoms with van der Waals surface area (Å²) in [5.41, 5.74) is 2.81. The van der Waals surface area contributed by atoms with Gasteiger partial charge in [0.2, 0.25) is 0 Å². The Kier molecular flexibility index (Phi) is 6.50. The minimum Gasteiger partial charge on any atom is -0.348 e. The number of hydrogen-bond donors (Lipinski definition) is 2. The molecule has 0 saturated carbocycles. The van der Waals surface area contributed by atoms with Crippen molar-refractivity contribution >= 4 is 27.9 Å². The van der Waals surface area contributed by atoms with Crippen molar-refractivity contribution in [3.63, 3.8) is 0 Å². The molecule has 1 fully saturated rings. The summed E-state index contributed by atoms with van der Waals surface area (Å²) < 4.78 is 0.995. The van der Waals surface area contributed by atoms with E-state index in [4.69, 9.17) is 0 Å². The van der Waals surface area contributed by atoms with Crippen LogP contribution in [0.15, 0.2) is 53.0 Å². The molecule has 142 valence electrons. The molecular formula is C21H24BrN3O2. The number of rotatable bonds is 4. The van der Waals surface area contributed by atoms with Gasteiger partial charge in [0, 0.05) is 42.6 Å². The topological polar surface area (TPSA) is 61.4 Å². The Morgan fingerprint density at radius 2 is 2.00 bits per heavy atom. The molecule has 1 heterocycles. The van der Waals surface area contributed by atoms with Crippen molar-refractivity contribution in [2.75, 3.05) is 20.1 Å². The molecule has 5 nitrogen and oxygen atoms in total. The number of piperidine rings is 1. The number of carbonyl (C=O) groups is 2. The summed E-state index contributed by atoms with van der Waals surface area (Å²) in [5, 5.41) is 5.67. The highest BCUT2D eigenvalue weighted by Gasteiger charge is 2.24. The predicted molar refractivity (Wildman–Crippen MR) is 110 cm³/mol. The third kappa shape index (κ3) is 5.10. The summed E-state index contributed by atoms with van der Waals surface area (Å²) in [5.74, 6) is 0.171. The fourth-order valence-corrected chi connectivity index (χ4v) is 3.90. The minimum absolute atomic E-state index is 0.0392. The third-order valence-corrected chi connectivity index (χ3v) is 5.38. The highest BCUT2D eigenvalue weighted by atomic mass is 79.9. The van der Waals surface area contributed by atoms with Gasteiger partial charge in [0.25, 0.3) is 5.91 Å². The van der Waals surface area contributed by atoms with Gasteiger partial charge in [0.15, 0.2) is 0 Å². The van der Waals surface area contributed by atoms with Crippen LogP contribution in [-0.2, 0) is 6.54 Å². The summed E-state index contributed by atoms with van der Waals surface area (Å²) in [7, 11) is 1.65. The average molecular weight is 430 g/mol. The predicted octanol–water partition coefficient (Wildman–Crippen LogP) is 3.90. The Balaban J connectivity index is 1.65. The fraction of sp³-hybridized carbons (Fsp3) is 0.333. The highest BCUT2D eigenvalue weighted by Crippen LogP contribution is 2.27. The molecule has 3 rings (SSSR count). The molecule has 2 aromatic carbocycles. The van der Waals surface area contributed by atoms with E-state index in [0.717, 1.165) is 35.0 Å². The Bertz CT molecular complexity index is 825. The van der Waals surface area contributed by atoms with Crippen LogP contribution < -0.4 is 10.6 Å². The first kappa shape index (κ1) is 19.4. The molecule has 1 unspecified atom stereocenters. The van der Waals surface area contributed by atoms with E-state index in [-0.39, 0.29) is 17.9 Å². The van der Waals surface area contributed by atoms with Gasteiger partial charge in [0.1, 0.15) is 0 Å². The van der Waals surface area contributed by atoms with E-state index in [0.29, 0.717) is 18.7 Å². The smallest absolute Gasteiger partial charge is 0.317 e. The molecule has 2 aromatic rings. The number of benzene rings is 2. The second kappa shape index (κ2) is 9.04. The van der Waals surface area contributed by atoms with E-state index in [9.17, 15) is 9.59 Å². The van der Waals surface area contributed by atoms with Gasteiger partial charge >= 0.3 is 6.03 Å². The van der Waals surface area contributed by atoms with E-state index in [1.807, 2.05) is 53.4 Å². The van der Waals surface area contributed by atoms with Crippen LogP contribution in [0.5, 0.6) is 0 Å². The van der Waals surface area contributed by atoms with Crippen LogP contribution in [0.2, 0.25) is 0 Å². The molecule has 0 aliphatic carbocycles. The van der Waals surface area contributed by atoms with Gasteiger partial charge in [-0.05, 0) is 48.2 Å². The zero-order chi connectivity index (χ0) is 19.2. The Labute approximate surface area is 168 Å². The van der Waals surface area contributed by atoms with Crippen LogP contribution in [0.1, 0.15) is 40.2 Å². The van der Waals surface area contributed by atoms with Crippen molar-refractivity contribution in [1.29, 1.82) is 0 Å². The van der Waals surface area contributed by atoms with Crippen molar-refractivity contribution in [2.45, 2.75) is 25.3 Å². The first-order valence-corrected chi connectivity index (χ1v) is 9.95. The summed E-state index contributed by atoms with van der Waals surface area (Å²) >= 11 is 3.44. The van der Waals surface area contributed by atoms with E-state index in [2.05, 4.69) is 26.6 Å². The van der Waals surface area contributed by atoms with E-state index in [1.54, 1.807) is 7.05 Å². The molecule has 0 aromatic heterocycles. The number of carbonyl (C=O) groups excluding carboxylic acids is 2. The molecule has 27 heavy (non-hydrogen) atoms. The summed E-state index contributed by atoms with van der Waals surface area (Å²) in [4.78, 5) is 26.3. The van der Waals surface area contributed by atoms with E-state index < -0.39 is 0 Å². The number of nitrogens with zero attached hydrogens (tertiary/aromatic N) is 1. The van der Waals surface area contributed by atoms with Crippen LogP contribution in [0, 0.1) is 0 Å². The van der Waals surface area contributed by atoms with Crippen LogP contribution in [0.4, 0.5) is 4.79 Å². The van der Waals surface area contributed by atoms with Crippen LogP contribution in [0.3, 0.4) is 0 Å². The second-order valence-electron chi connectivity index (χ2n) is 6.78. The molecule has 6 heteroatoms. The van der Waals surface area contributed by atoms with Crippen molar-refractivity contribution < 1.29 is 9.59 Å². The maximum atomic E-state index is 12.6. The van der Waals surface area contributed by atoms with Gasteiger partial charge in [-0.2, -0.15) is 0 Å². The van der Waals surface area contributed by atoms with Gasteiger partial charge in [-0.25, -0.2) is 4.79 Å². The summed E-state index contributed by atoms with van der Waals surface area (Å²) in [6.07, 6.45) is 1.99. The van der Waals surface area contributed by atoms with Crippen molar-refractivity contribution in [3.05, 3.63) is 69.7 Å². The van der Waals surface area contributed by atoms with E-state index in [1.165, 1.54) is 0 Å². The van der Waals surface area contributed by atoms with Gasteiger partial charge < -0.3 is 15.5 Å². The van der Waals surface area contributed by atoms with Crippen LogP contribution in [0.25, 0.3) is 0 Å². The molecule has 0 spiro atoms. The number of halogens is 1. The lowest BCUT2D eigenvalue weighted by Crippen LogP contribution is -2.43. The Morgan fingerprint density at radius 3 is 2.78 bits per heavy atom. The first-order chi connectivity index (χ1) is 13.1. The van der Waals surface area contributed by atoms with Crippen molar-refractivity contribution in [3.8, 4) is 0 Å². The van der Waals surface area contributed by atoms with Gasteiger partial charge in [-0.3, -0.25) is 4.79 Å². The zero-order valence-corrected chi connectivity index (χ0v) is 17.0. The normalized spacial score (nSPS) is 16.7. The van der Waals surface area contributed by atoms with Gasteiger partial charge in [-0.1, -0.05) is 40.2 Å². The van der Waals surface area contributed by atoms with Crippen LogP contribution >= 0.6 is 15.9 Å². The second-order valence-corrected chi connectivity index (χ2v) is 7.69. The summed E-state index contributed by atoms with van der Waals surface area (Å²) in [6, 6.07) is 15.6. The molecule has 1 saturated heterocycles. The number of amides is 3. The largest absolute Gasteiger partial charge is 0.348 e. The Morgan fingerprint density at radius 1 is 1.19 bits per heavy atom. The monoisotopic (exact) mass is 429 g/mol. The SMILES string of the molecule is CNC(=O)N1CCCC(c2cccc(C(=O)NCc3cccc(Br)c3)c2)C1. The molecule has 1 aliphatic heterocycles. The number of nitrogens with one attached hydrogen (secondary N) is 2. The lowest BCUT2D eigenvalue weighted by atomic mass is 9.89. The fourth-order valence-electron chi connectivity index (χ4n) is 3.46. The molecule has 2 N–H and O–H groups in total. The molecular weight excluding hydrogens is 406 g/mol. The lowest BCUT2D eigenvalue weighted by Gasteiger charge is -2.32. The van der Waals surface area contributed by atoms with Gasteiger partial charge in [-0.15, -0.1) is 0 Å². The molecule has 0 radical (unpaired) electrons. The quantitative estimate of drug-likeness (QED) is 0.773.